The van der Waals surface area contributed by atoms with Crippen molar-refractivity contribution >= 4 is 21.7 Å². The average molecular weight is 329 g/mol. The minimum atomic E-state index is -0.0462. The molecule has 1 fully saturated rings. The molecule has 19 heavy (non-hydrogen) atoms. The van der Waals surface area contributed by atoms with Crippen LogP contribution in [0.15, 0.2) is 4.47 Å². The number of anilines is 1. The van der Waals surface area contributed by atoms with Crippen LogP contribution in [0.3, 0.4) is 0 Å². The summed E-state index contributed by atoms with van der Waals surface area (Å²) in [6.45, 7) is 8.93. The van der Waals surface area contributed by atoms with Crippen molar-refractivity contribution in [3.8, 4) is 0 Å². The lowest BCUT2D eigenvalue weighted by Gasteiger charge is -2.34. The largest absolute Gasteiger partial charge is 0.372 e. The van der Waals surface area contributed by atoms with Gasteiger partial charge >= 0.3 is 0 Å². The Morgan fingerprint density at radius 3 is 2.79 bits per heavy atom. The summed E-state index contributed by atoms with van der Waals surface area (Å²) in [6.07, 6.45) is -0.0462. The molecule has 1 saturated heterocycles. The van der Waals surface area contributed by atoms with Crippen molar-refractivity contribution in [3.63, 3.8) is 0 Å². The molecule has 1 atom stereocenters. The number of aryl methyl sites for hydroxylation is 1. The number of halogens is 1. The number of morpholine rings is 1. The summed E-state index contributed by atoms with van der Waals surface area (Å²) in [4.78, 5) is 11.5. The van der Waals surface area contributed by atoms with E-state index in [2.05, 4.69) is 50.0 Å². The van der Waals surface area contributed by atoms with E-state index in [1.165, 1.54) is 0 Å². The zero-order chi connectivity index (χ0) is 14.0. The van der Waals surface area contributed by atoms with Crippen LogP contribution in [0.2, 0.25) is 0 Å². The van der Waals surface area contributed by atoms with Gasteiger partial charge in [0.25, 0.3) is 0 Å². The van der Waals surface area contributed by atoms with E-state index >= 15 is 0 Å². The van der Waals surface area contributed by atoms with Crippen molar-refractivity contribution in [2.75, 3.05) is 32.1 Å². The first-order chi connectivity index (χ1) is 9.02. The maximum Gasteiger partial charge on any atom is 0.161 e. The van der Waals surface area contributed by atoms with Crippen LogP contribution in [0.4, 0.5) is 5.82 Å². The van der Waals surface area contributed by atoms with E-state index in [4.69, 9.17) is 4.74 Å². The summed E-state index contributed by atoms with van der Waals surface area (Å²) in [5, 5.41) is 3.08. The van der Waals surface area contributed by atoms with Crippen molar-refractivity contribution in [3.05, 3.63) is 16.0 Å². The number of hydrogen-bond acceptors (Lipinski definition) is 5. The van der Waals surface area contributed by atoms with Crippen LogP contribution in [0.1, 0.15) is 31.5 Å². The normalized spacial score (nSPS) is 20.8. The van der Waals surface area contributed by atoms with Crippen molar-refractivity contribution in [2.45, 2.75) is 32.9 Å². The van der Waals surface area contributed by atoms with Gasteiger partial charge in [-0.1, -0.05) is 0 Å². The number of hydrogen-bond donors (Lipinski definition) is 1. The van der Waals surface area contributed by atoms with Crippen LogP contribution < -0.4 is 5.32 Å². The molecule has 2 heterocycles. The number of ether oxygens (including phenoxy) is 1. The van der Waals surface area contributed by atoms with E-state index < -0.39 is 0 Å². The van der Waals surface area contributed by atoms with E-state index in [-0.39, 0.29) is 6.10 Å². The first kappa shape index (κ1) is 14.7. The first-order valence-corrected chi connectivity index (χ1v) is 7.39. The minimum absolute atomic E-state index is 0.0462. The van der Waals surface area contributed by atoms with Gasteiger partial charge < -0.3 is 10.1 Å². The van der Waals surface area contributed by atoms with Crippen molar-refractivity contribution < 1.29 is 4.74 Å². The van der Waals surface area contributed by atoms with Crippen molar-refractivity contribution in [1.29, 1.82) is 0 Å². The Bertz CT molecular complexity index is 453. The minimum Gasteiger partial charge on any atom is -0.372 e. The quantitative estimate of drug-likeness (QED) is 0.923. The molecule has 1 aromatic rings. The van der Waals surface area contributed by atoms with Crippen LogP contribution in [0, 0.1) is 6.92 Å². The Balaban J connectivity index is 2.24. The molecule has 2 rings (SSSR count). The molecule has 1 aromatic heterocycles. The summed E-state index contributed by atoms with van der Waals surface area (Å²) in [6, 6.07) is 0.520. The summed E-state index contributed by atoms with van der Waals surface area (Å²) in [5.74, 6) is 1.57. The molecule has 0 amide bonds. The van der Waals surface area contributed by atoms with Gasteiger partial charge in [0.05, 0.1) is 16.8 Å². The van der Waals surface area contributed by atoms with Gasteiger partial charge in [-0.15, -0.1) is 0 Å². The maximum atomic E-state index is 5.83. The third-order valence-corrected chi connectivity index (χ3v) is 4.34. The van der Waals surface area contributed by atoms with Gasteiger partial charge in [0.2, 0.25) is 0 Å². The highest BCUT2D eigenvalue weighted by molar-refractivity contribution is 9.10. The monoisotopic (exact) mass is 328 g/mol. The van der Waals surface area contributed by atoms with Gasteiger partial charge in [-0.2, -0.15) is 0 Å². The van der Waals surface area contributed by atoms with Gasteiger partial charge in [-0.25, -0.2) is 9.97 Å². The maximum absolute atomic E-state index is 5.83. The predicted octanol–water partition coefficient (Wildman–Crippen LogP) is 2.37. The highest BCUT2D eigenvalue weighted by Crippen LogP contribution is 2.27. The van der Waals surface area contributed by atoms with Gasteiger partial charge in [0.1, 0.15) is 11.9 Å². The average Bonchev–Trinajstić information content (AvgIpc) is 2.41. The fourth-order valence-electron chi connectivity index (χ4n) is 2.18. The number of nitrogens with zero attached hydrogens (tertiary/aromatic N) is 3. The molecule has 0 aromatic carbocycles. The molecular weight excluding hydrogens is 308 g/mol. The Morgan fingerprint density at radius 1 is 1.42 bits per heavy atom. The van der Waals surface area contributed by atoms with Crippen LogP contribution in [0.5, 0.6) is 0 Å². The van der Waals surface area contributed by atoms with Gasteiger partial charge in [-0.05, 0) is 36.7 Å². The number of rotatable bonds is 3. The molecule has 0 saturated carbocycles. The zero-order valence-electron chi connectivity index (χ0n) is 11.9. The van der Waals surface area contributed by atoms with E-state index in [9.17, 15) is 0 Å². The number of nitrogens with one attached hydrogen (secondary N) is 1. The highest BCUT2D eigenvalue weighted by Gasteiger charge is 2.26. The molecule has 1 aliphatic heterocycles. The molecule has 0 aliphatic carbocycles. The third kappa shape index (κ3) is 3.24. The molecule has 1 N–H and O–H groups in total. The molecule has 0 spiro atoms. The second-order valence-corrected chi connectivity index (χ2v) is 5.82. The molecule has 1 unspecified atom stereocenters. The van der Waals surface area contributed by atoms with Crippen molar-refractivity contribution in [1.82, 2.24) is 14.9 Å². The summed E-state index contributed by atoms with van der Waals surface area (Å²) < 4.78 is 6.74. The molecular formula is C13H21BrN4O. The Morgan fingerprint density at radius 2 is 2.16 bits per heavy atom. The van der Waals surface area contributed by atoms with Gasteiger partial charge in [0, 0.05) is 26.2 Å². The van der Waals surface area contributed by atoms with Crippen LogP contribution in [-0.4, -0.2) is 47.7 Å². The Labute approximate surface area is 122 Å². The van der Waals surface area contributed by atoms with E-state index in [1.807, 2.05) is 14.0 Å². The summed E-state index contributed by atoms with van der Waals surface area (Å²) >= 11 is 3.49. The lowest BCUT2D eigenvalue weighted by atomic mass is 10.2. The van der Waals surface area contributed by atoms with Crippen LogP contribution in [-0.2, 0) is 4.74 Å². The van der Waals surface area contributed by atoms with Crippen molar-refractivity contribution in [2.24, 2.45) is 0 Å². The van der Waals surface area contributed by atoms with Crippen LogP contribution >= 0.6 is 15.9 Å². The summed E-state index contributed by atoms with van der Waals surface area (Å²) in [7, 11) is 1.86. The van der Waals surface area contributed by atoms with Gasteiger partial charge in [-0.3, -0.25) is 4.90 Å². The fourth-order valence-corrected chi connectivity index (χ4v) is 2.56. The second-order valence-electron chi connectivity index (χ2n) is 5.03. The molecule has 6 heteroatoms. The van der Waals surface area contributed by atoms with E-state index in [1.54, 1.807) is 0 Å². The molecule has 5 nitrogen and oxygen atoms in total. The third-order valence-electron chi connectivity index (χ3n) is 3.39. The topological polar surface area (TPSA) is 50.3 Å². The lowest BCUT2D eigenvalue weighted by molar-refractivity contribution is -0.0442. The first-order valence-electron chi connectivity index (χ1n) is 6.60. The summed E-state index contributed by atoms with van der Waals surface area (Å²) in [5.41, 5.74) is 0.930. The Hall–Kier alpha value is -0.720. The molecule has 1 aliphatic rings. The highest BCUT2D eigenvalue weighted by atomic mass is 79.9. The number of aromatic nitrogens is 2. The second kappa shape index (κ2) is 6.15. The van der Waals surface area contributed by atoms with E-state index in [0.717, 1.165) is 41.5 Å². The Kier molecular flexibility index (Phi) is 4.76. The SMILES string of the molecule is CNc1nc(C2CN(C(C)C)CCO2)nc(C)c1Br. The van der Waals surface area contributed by atoms with E-state index in [0.29, 0.717) is 6.04 Å². The predicted molar refractivity (Wildman–Crippen MR) is 79.4 cm³/mol. The lowest BCUT2D eigenvalue weighted by Crippen LogP contribution is -2.42. The molecule has 106 valence electrons. The molecule has 0 bridgehead atoms. The fraction of sp³-hybridized carbons (Fsp3) is 0.692. The van der Waals surface area contributed by atoms with Crippen LogP contribution in [0.25, 0.3) is 0 Å². The molecule has 0 radical (unpaired) electrons. The van der Waals surface area contributed by atoms with Gasteiger partial charge in [0.15, 0.2) is 5.82 Å². The zero-order valence-corrected chi connectivity index (χ0v) is 13.5. The standard InChI is InChI=1S/C13H21BrN4O/c1-8(2)18-5-6-19-10(7-18)12-16-9(3)11(14)13(15-4)17-12/h8,10H,5-7H2,1-4H3,(H,15,16,17). The smallest absolute Gasteiger partial charge is 0.161 e.